The summed E-state index contributed by atoms with van der Waals surface area (Å²) in [5.41, 5.74) is 0.496. The number of ether oxygens (including phenoxy) is 3. The average Bonchev–Trinajstić information content (AvgIpc) is 3.25. The minimum absolute atomic E-state index is 0. The molecule has 10 heteroatoms. The summed E-state index contributed by atoms with van der Waals surface area (Å²) in [6.07, 6.45) is 3.13. The first-order valence-electron chi connectivity index (χ1n) is 9.86. The molecule has 1 aromatic carbocycles. The van der Waals surface area contributed by atoms with Crippen molar-refractivity contribution in [2.75, 3.05) is 33.4 Å². The SMILES string of the molecule is CCOCCCNC(=NCc1cc(OC)ccc1OC(F)F)NCCc1ccco1.I. The van der Waals surface area contributed by atoms with Crippen molar-refractivity contribution in [3.63, 3.8) is 0 Å². The third-order valence-electron chi connectivity index (χ3n) is 4.10. The number of aliphatic imine (C=N–C) groups is 1. The van der Waals surface area contributed by atoms with Gasteiger partial charge in [0.05, 0.1) is 19.9 Å². The zero-order valence-corrected chi connectivity index (χ0v) is 20.1. The Morgan fingerprint density at radius 3 is 2.68 bits per heavy atom. The molecule has 31 heavy (non-hydrogen) atoms. The maximum Gasteiger partial charge on any atom is 0.387 e. The average molecular weight is 553 g/mol. The largest absolute Gasteiger partial charge is 0.497 e. The molecule has 0 amide bonds. The predicted octanol–water partition coefficient (Wildman–Crippen LogP) is 4.21. The highest BCUT2D eigenvalue weighted by molar-refractivity contribution is 14.0. The van der Waals surface area contributed by atoms with E-state index in [9.17, 15) is 8.78 Å². The highest BCUT2D eigenvalue weighted by Gasteiger charge is 2.11. The van der Waals surface area contributed by atoms with E-state index in [-0.39, 0.29) is 36.3 Å². The summed E-state index contributed by atoms with van der Waals surface area (Å²) in [6, 6.07) is 8.40. The molecular formula is C21H30F2IN3O4. The lowest BCUT2D eigenvalue weighted by Gasteiger charge is -2.14. The second kappa shape index (κ2) is 15.7. The number of benzene rings is 1. The highest BCUT2D eigenvalue weighted by atomic mass is 127. The summed E-state index contributed by atoms with van der Waals surface area (Å²) in [5.74, 6) is 2.03. The number of methoxy groups -OCH3 is 1. The number of nitrogens with one attached hydrogen (secondary N) is 2. The predicted molar refractivity (Wildman–Crippen MR) is 126 cm³/mol. The Morgan fingerprint density at radius 1 is 1.19 bits per heavy atom. The van der Waals surface area contributed by atoms with Gasteiger partial charge in [0.15, 0.2) is 5.96 Å². The second-order valence-electron chi connectivity index (χ2n) is 6.25. The maximum atomic E-state index is 12.7. The zero-order chi connectivity index (χ0) is 21.6. The van der Waals surface area contributed by atoms with Crippen molar-refractivity contribution < 1.29 is 27.4 Å². The molecule has 0 aliphatic rings. The van der Waals surface area contributed by atoms with Crippen LogP contribution in [0.1, 0.15) is 24.7 Å². The van der Waals surface area contributed by atoms with E-state index in [4.69, 9.17) is 13.9 Å². The summed E-state index contributed by atoms with van der Waals surface area (Å²) < 4.78 is 45.9. The minimum Gasteiger partial charge on any atom is -0.497 e. The molecule has 0 aliphatic carbocycles. The van der Waals surface area contributed by atoms with Gasteiger partial charge in [-0.15, -0.1) is 24.0 Å². The van der Waals surface area contributed by atoms with E-state index in [1.54, 1.807) is 18.4 Å². The molecule has 1 heterocycles. The van der Waals surface area contributed by atoms with Crippen LogP contribution in [0.5, 0.6) is 11.5 Å². The number of furan rings is 1. The fraction of sp³-hybridized carbons (Fsp3) is 0.476. The Balaban J connectivity index is 0.00000480. The van der Waals surface area contributed by atoms with Crippen molar-refractivity contribution in [2.24, 2.45) is 4.99 Å². The molecule has 174 valence electrons. The number of rotatable bonds is 13. The summed E-state index contributed by atoms with van der Waals surface area (Å²) in [4.78, 5) is 4.52. The number of halogens is 3. The quantitative estimate of drug-likeness (QED) is 0.168. The molecule has 0 unspecified atom stereocenters. The van der Waals surface area contributed by atoms with Gasteiger partial charge < -0.3 is 29.3 Å². The number of hydrogen-bond acceptors (Lipinski definition) is 5. The molecule has 0 saturated heterocycles. The molecule has 1 aromatic heterocycles. The van der Waals surface area contributed by atoms with E-state index < -0.39 is 6.61 Å². The standard InChI is InChI=1S/C21H29F2N3O4.HI/c1-3-28-12-5-10-24-21(25-11-9-17-6-4-13-29-17)26-15-16-14-18(27-2)7-8-19(16)30-20(22)23;/h4,6-8,13-14,20H,3,5,9-12,15H2,1-2H3,(H2,24,25,26);1H. The van der Waals surface area contributed by atoms with Crippen molar-refractivity contribution in [1.82, 2.24) is 10.6 Å². The summed E-state index contributed by atoms with van der Waals surface area (Å²) in [7, 11) is 1.51. The molecule has 7 nitrogen and oxygen atoms in total. The van der Waals surface area contributed by atoms with Crippen molar-refractivity contribution >= 4 is 29.9 Å². The Labute approximate surface area is 198 Å². The van der Waals surface area contributed by atoms with Crippen molar-refractivity contribution in [1.29, 1.82) is 0 Å². The number of alkyl halides is 2. The van der Waals surface area contributed by atoms with Crippen molar-refractivity contribution in [3.8, 4) is 11.5 Å². The Morgan fingerprint density at radius 2 is 2.00 bits per heavy atom. The van der Waals surface area contributed by atoms with E-state index in [1.807, 2.05) is 19.1 Å². The van der Waals surface area contributed by atoms with Crippen LogP contribution in [0.2, 0.25) is 0 Å². The summed E-state index contributed by atoms with van der Waals surface area (Å²) in [5, 5.41) is 6.45. The van der Waals surface area contributed by atoms with Crippen LogP contribution in [0.15, 0.2) is 46.0 Å². The lowest BCUT2D eigenvalue weighted by atomic mass is 10.2. The van der Waals surface area contributed by atoms with E-state index in [0.29, 0.717) is 50.0 Å². The lowest BCUT2D eigenvalue weighted by molar-refractivity contribution is -0.0504. The molecule has 0 aliphatic heterocycles. The zero-order valence-electron chi connectivity index (χ0n) is 17.7. The van der Waals surface area contributed by atoms with Crippen LogP contribution in [-0.4, -0.2) is 46.0 Å². The molecule has 2 rings (SSSR count). The second-order valence-corrected chi connectivity index (χ2v) is 6.25. The first kappa shape index (κ1) is 27.0. The van der Waals surface area contributed by atoms with Gasteiger partial charge in [-0.05, 0) is 43.7 Å². The van der Waals surface area contributed by atoms with Gasteiger partial charge in [-0.3, -0.25) is 0 Å². The van der Waals surface area contributed by atoms with Crippen LogP contribution >= 0.6 is 24.0 Å². The lowest BCUT2D eigenvalue weighted by Crippen LogP contribution is -2.39. The van der Waals surface area contributed by atoms with Crippen LogP contribution in [0.4, 0.5) is 8.78 Å². The molecule has 0 fully saturated rings. The first-order chi connectivity index (χ1) is 14.6. The van der Waals surface area contributed by atoms with Gasteiger partial charge in [0.25, 0.3) is 0 Å². The van der Waals surface area contributed by atoms with E-state index in [2.05, 4.69) is 20.4 Å². The number of nitrogens with zero attached hydrogens (tertiary/aromatic N) is 1. The summed E-state index contributed by atoms with van der Waals surface area (Å²) in [6.45, 7) is 1.75. The van der Waals surface area contributed by atoms with Gasteiger partial charge in [0, 0.05) is 38.3 Å². The molecular weight excluding hydrogens is 523 g/mol. The van der Waals surface area contributed by atoms with Gasteiger partial charge in [0.1, 0.15) is 17.3 Å². The highest BCUT2D eigenvalue weighted by Crippen LogP contribution is 2.26. The van der Waals surface area contributed by atoms with Gasteiger partial charge in [-0.1, -0.05) is 0 Å². The van der Waals surface area contributed by atoms with Crippen LogP contribution in [0.3, 0.4) is 0 Å². The van der Waals surface area contributed by atoms with Crippen LogP contribution < -0.4 is 20.1 Å². The summed E-state index contributed by atoms with van der Waals surface area (Å²) >= 11 is 0. The van der Waals surface area contributed by atoms with Crippen LogP contribution in [0, 0.1) is 0 Å². The maximum absolute atomic E-state index is 12.7. The van der Waals surface area contributed by atoms with Gasteiger partial charge in [0.2, 0.25) is 0 Å². The number of guanidine groups is 1. The normalized spacial score (nSPS) is 11.2. The number of hydrogen-bond donors (Lipinski definition) is 2. The fourth-order valence-electron chi connectivity index (χ4n) is 2.64. The molecule has 2 N–H and O–H groups in total. The minimum atomic E-state index is -2.91. The van der Waals surface area contributed by atoms with E-state index in [1.165, 1.54) is 13.2 Å². The first-order valence-corrected chi connectivity index (χ1v) is 9.86. The fourth-order valence-corrected chi connectivity index (χ4v) is 2.64. The van der Waals surface area contributed by atoms with E-state index in [0.717, 1.165) is 12.2 Å². The van der Waals surface area contributed by atoms with Crippen LogP contribution in [-0.2, 0) is 17.7 Å². The molecule has 0 atom stereocenters. The topological polar surface area (TPSA) is 77.2 Å². The Kier molecular flexibility index (Phi) is 13.6. The third-order valence-corrected chi connectivity index (χ3v) is 4.10. The van der Waals surface area contributed by atoms with Crippen LogP contribution in [0.25, 0.3) is 0 Å². The molecule has 2 aromatic rings. The van der Waals surface area contributed by atoms with E-state index >= 15 is 0 Å². The van der Waals surface area contributed by atoms with Gasteiger partial charge >= 0.3 is 6.61 Å². The monoisotopic (exact) mass is 553 g/mol. The third kappa shape index (κ3) is 10.7. The van der Waals surface area contributed by atoms with Crippen molar-refractivity contribution in [2.45, 2.75) is 32.9 Å². The molecule has 0 radical (unpaired) electrons. The Bertz CT molecular complexity index is 761. The Hall–Kier alpha value is -2.08. The smallest absolute Gasteiger partial charge is 0.387 e. The van der Waals surface area contributed by atoms with Crippen molar-refractivity contribution in [3.05, 3.63) is 47.9 Å². The van der Waals surface area contributed by atoms with Gasteiger partial charge in [-0.2, -0.15) is 8.78 Å². The molecule has 0 bridgehead atoms. The molecule has 0 saturated carbocycles. The van der Waals surface area contributed by atoms with Gasteiger partial charge in [-0.25, -0.2) is 4.99 Å². The molecule has 0 spiro atoms.